The minimum absolute atomic E-state index is 0.0729. The Morgan fingerprint density at radius 1 is 0.826 bits per heavy atom. The van der Waals surface area contributed by atoms with E-state index in [1.807, 2.05) is 0 Å². The van der Waals surface area contributed by atoms with Crippen molar-refractivity contribution >= 4 is 22.9 Å². The Balaban J connectivity index is 3.07. The molecular weight excluding hydrogens is 312 g/mol. The number of ketones is 2. The van der Waals surface area contributed by atoms with Gasteiger partial charge in [0.15, 0.2) is 11.6 Å². The molecule has 23 heavy (non-hydrogen) atoms. The second-order valence-corrected chi connectivity index (χ2v) is 5.78. The number of hydrogen-bond acceptors (Lipinski definition) is 5. The number of aliphatic hydroxyl groups is 2. The van der Waals surface area contributed by atoms with Crippen LogP contribution in [0.25, 0.3) is 0 Å². The smallest absolute Gasteiger partial charge is 0.171 e. The third kappa shape index (κ3) is 5.50. The predicted octanol–water partition coefficient (Wildman–Crippen LogP) is 3.29. The highest BCUT2D eigenvalue weighted by molar-refractivity contribution is 7.13. The Kier molecular flexibility index (Phi) is 6.38. The summed E-state index contributed by atoms with van der Waals surface area (Å²) >= 11 is 1.29. The summed E-state index contributed by atoms with van der Waals surface area (Å²) in [6, 6.07) is 3.46. The van der Waals surface area contributed by atoms with Crippen LogP contribution < -0.4 is 0 Å². The maximum Gasteiger partial charge on any atom is 0.171 e. The molecule has 1 aromatic heterocycles. The van der Waals surface area contributed by atoms with E-state index in [1.165, 1.54) is 39.0 Å². The standard InChI is InChI=1S/C18H16O4S/c1-11(19)17(12(2)20)9-7-15-5-6-16(23-15)8-10-18(13(3)21)14(4)22/h5-6,19,21H,1-4H3/b17-11+,18-13+. The first-order chi connectivity index (χ1) is 10.7. The summed E-state index contributed by atoms with van der Waals surface area (Å²) in [5.41, 5.74) is 0.146. The zero-order chi connectivity index (χ0) is 17.6. The third-order valence-corrected chi connectivity index (χ3v) is 3.57. The number of thiophene rings is 1. The van der Waals surface area contributed by atoms with Gasteiger partial charge in [0.2, 0.25) is 0 Å². The first-order valence-corrected chi connectivity index (χ1v) is 7.49. The van der Waals surface area contributed by atoms with E-state index in [9.17, 15) is 19.8 Å². The van der Waals surface area contributed by atoms with Crippen molar-refractivity contribution in [1.29, 1.82) is 0 Å². The summed E-state index contributed by atoms with van der Waals surface area (Å²) in [5.74, 6) is 10.0. The van der Waals surface area contributed by atoms with Crippen LogP contribution in [-0.2, 0) is 9.59 Å². The average molecular weight is 328 g/mol. The molecule has 0 saturated heterocycles. The first-order valence-electron chi connectivity index (χ1n) is 6.67. The van der Waals surface area contributed by atoms with Gasteiger partial charge < -0.3 is 10.2 Å². The summed E-state index contributed by atoms with van der Waals surface area (Å²) in [7, 11) is 0. The highest BCUT2D eigenvalue weighted by Gasteiger charge is 2.05. The summed E-state index contributed by atoms with van der Waals surface area (Å²) in [6.07, 6.45) is 0. The van der Waals surface area contributed by atoms with Crippen LogP contribution in [0.1, 0.15) is 37.4 Å². The largest absolute Gasteiger partial charge is 0.511 e. The van der Waals surface area contributed by atoms with Crippen LogP contribution in [0, 0.1) is 23.7 Å². The molecule has 4 nitrogen and oxygen atoms in total. The topological polar surface area (TPSA) is 74.6 Å². The van der Waals surface area contributed by atoms with Crippen molar-refractivity contribution in [3.8, 4) is 23.7 Å². The van der Waals surface area contributed by atoms with Crippen molar-refractivity contribution in [2.75, 3.05) is 0 Å². The fraction of sp³-hybridized carbons (Fsp3) is 0.222. The number of Topliss-reactive ketones (excluding diaryl/α,β-unsaturated/α-hetero) is 2. The molecule has 0 saturated carbocycles. The molecule has 0 unspecified atom stereocenters. The zero-order valence-electron chi connectivity index (χ0n) is 13.3. The lowest BCUT2D eigenvalue weighted by Gasteiger charge is -1.93. The second kappa shape index (κ2) is 8.03. The number of hydrogen-bond donors (Lipinski definition) is 2. The molecule has 1 rings (SSSR count). The molecule has 0 bridgehead atoms. The molecule has 0 aliphatic heterocycles. The lowest BCUT2D eigenvalue weighted by atomic mass is 10.1. The molecule has 1 heterocycles. The number of rotatable bonds is 2. The number of aliphatic hydroxyl groups excluding tert-OH is 2. The van der Waals surface area contributed by atoms with Crippen molar-refractivity contribution in [3.05, 3.63) is 44.6 Å². The summed E-state index contributed by atoms with van der Waals surface area (Å²) < 4.78 is 0. The van der Waals surface area contributed by atoms with Gasteiger partial charge >= 0.3 is 0 Å². The second-order valence-electron chi connectivity index (χ2n) is 4.70. The zero-order valence-corrected chi connectivity index (χ0v) is 14.1. The molecule has 118 valence electrons. The van der Waals surface area contributed by atoms with Gasteiger partial charge in [-0.3, -0.25) is 9.59 Å². The van der Waals surface area contributed by atoms with Crippen LogP contribution >= 0.6 is 11.3 Å². The highest BCUT2D eigenvalue weighted by atomic mass is 32.1. The molecule has 0 radical (unpaired) electrons. The van der Waals surface area contributed by atoms with E-state index in [1.54, 1.807) is 12.1 Å². The lowest BCUT2D eigenvalue weighted by Crippen LogP contribution is -1.97. The van der Waals surface area contributed by atoms with Gasteiger partial charge in [-0.15, -0.1) is 11.3 Å². The van der Waals surface area contributed by atoms with Crippen molar-refractivity contribution in [2.45, 2.75) is 27.7 Å². The minimum atomic E-state index is -0.302. The van der Waals surface area contributed by atoms with Gasteiger partial charge in [0.25, 0.3) is 0 Å². The molecule has 0 aromatic carbocycles. The van der Waals surface area contributed by atoms with Gasteiger partial charge in [0.05, 0.1) is 9.75 Å². The highest BCUT2D eigenvalue weighted by Crippen LogP contribution is 2.15. The van der Waals surface area contributed by atoms with E-state index in [4.69, 9.17) is 0 Å². The van der Waals surface area contributed by atoms with Crippen molar-refractivity contribution < 1.29 is 19.8 Å². The number of carbonyl (C=O) groups is 2. The molecule has 0 aliphatic rings. The van der Waals surface area contributed by atoms with Gasteiger partial charge in [-0.2, -0.15) is 0 Å². The average Bonchev–Trinajstić information content (AvgIpc) is 2.85. The summed E-state index contributed by atoms with van der Waals surface area (Å²) in [4.78, 5) is 24.0. The van der Waals surface area contributed by atoms with Gasteiger partial charge in [-0.25, -0.2) is 0 Å². The van der Waals surface area contributed by atoms with Crippen LogP contribution in [0.4, 0.5) is 0 Å². The SMILES string of the molecule is CC(=O)/C(C#Cc1ccc(C#C/C(C(C)=O)=C(/C)O)s1)=C(\C)O. The quantitative estimate of drug-likeness (QED) is 0.496. The summed E-state index contributed by atoms with van der Waals surface area (Å²) in [6.45, 7) is 5.48. The molecule has 0 amide bonds. The molecule has 5 heteroatoms. The van der Waals surface area contributed by atoms with Crippen LogP contribution in [0.5, 0.6) is 0 Å². The molecule has 0 spiro atoms. The maximum atomic E-state index is 11.3. The molecule has 0 fully saturated rings. The Morgan fingerprint density at radius 2 is 1.17 bits per heavy atom. The Hall–Kier alpha value is -2.76. The number of carbonyl (C=O) groups excluding carboxylic acids is 2. The number of allylic oxidation sites excluding steroid dienone is 4. The van der Waals surface area contributed by atoms with Crippen LogP contribution in [0.2, 0.25) is 0 Å². The van der Waals surface area contributed by atoms with Crippen molar-refractivity contribution in [1.82, 2.24) is 0 Å². The van der Waals surface area contributed by atoms with E-state index >= 15 is 0 Å². The molecule has 0 atom stereocenters. The van der Waals surface area contributed by atoms with Crippen LogP contribution in [0.15, 0.2) is 34.8 Å². The van der Waals surface area contributed by atoms with Crippen molar-refractivity contribution in [3.63, 3.8) is 0 Å². The van der Waals surface area contributed by atoms with Gasteiger partial charge in [-0.1, -0.05) is 23.7 Å². The van der Waals surface area contributed by atoms with Gasteiger partial charge in [0, 0.05) is 0 Å². The van der Waals surface area contributed by atoms with E-state index in [-0.39, 0.29) is 34.2 Å². The fourth-order valence-electron chi connectivity index (χ4n) is 1.59. The molecule has 2 N–H and O–H groups in total. The Morgan fingerprint density at radius 3 is 1.43 bits per heavy atom. The molecular formula is C18H16O4S. The van der Waals surface area contributed by atoms with Gasteiger partial charge in [0.1, 0.15) is 22.7 Å². The van der Waals surface area contributed by atoms with E-state index in [0.29, 0.717) is 9.75 Å². The summed E-state index contributed by atoms with van der Waals surface area (Å²) in [5, 5.41) is 18.8. The van der Waals surface area contributed by atoms with E-state index in [0.717, 1.165) is 0 Å². The Bertz CT molecular complexity index is 753. The van der Waals surface area contributed by atoms with Gasteiger partial charge in [-0.05, 0) is 39.8 Å². The Labute approximate surface area is 139 Å². The maximum absolute atomic E-state index is 11.3. The molecule has 1 aromatic rings. The third-order valence-electron chi connectivity index (χ3n) is 2.66. The van der Waals surface area contributed by atoms with Crippen molar-refractivity contribution in [2.24, 2.45) is 0 Å². The normalized spacial score (nSPS) is 12.0. The predicted molar refractivity (Wildman–Crippen MR) is 90.1 cm³/mol. The monoisotopic (exact) mass is 328 g/mol. The fourth-order valence-corrected chi connectivity index (χ4v) is 2.30. The van der Waals surface area contributed by atoms with E-state index in [2.05, 4.69) is 23.7 Å². The minimum Gasteiger partial charge on any atom is -0.511 e. The van der Waals surface area contributed by atoms with Crippen LogP contribution in [-0.4, -0.2) is 21.8 Å². The van der Waals surface area contributed by atoms with Crippen LogP contribution in [0.3, 0.4) is 0 Å². The van der Waals surface area contributed by atoms with E-state index < -0.39 is 0 Å². The first kappa shape index (κ1) is 18.3. The lowest BCUT2D eigenvalue weighted by molar-refractivity contribution is -0.114. The molecule has 0 aliphatic carbocycles.